The van der Waals surface area contributed by atoms with Crippen LogP contribution in [-0.2, 0) is 0 Å². The number of allylic oxidation sites excluding steroid dienone is 1. The first-order valence-corrected chi connectivity index (χ1v) is 10.3. The molecule has 0 bridgehead atoms. The molecule has 0 amide bonds. The van der Waals surface area contributed by atoms with Gasteiger partial charge in [-0.05, 0) is 30.0 Å². The molecule has 2 aromatic rings. The number of nitrogens with zero attached hydrogens (tertiary/aromatic N) is 1. The molecule has 1 aliphatic heterocycles. The fourth-order valence-corrected chi connectivity index (χ4v) is 4.62. The SMILES string of the molecule is CCCCCCCN1/C(=C\C(=O)c2cccs2)Sc2ccccc21. The minimum atomic E-state index is 0.108. The summed E-state index contributed by atoms with van der Waals surface area (Å²) in [6.07, 6.45) is 8.10. The molecule has 2 nitrogen and oxygen atoms in total. The molecule has 1 aromatic heterocycles. The molecule has 1 aromatic carbocycles. The minimum absolute atomic E-state index is 0.108. The number of carbonyl (C=O) groups excluding carboxylic acids is 1. The second kappa shape index (κ2) is 8.54. The van der Waals surface area contributed by atoms with E-state index in [9.17, 15) is 4.79 Å². The van der Waals surface area contributed by atoms with Crippen LogP contribution in [0.3, 0.4) is 0 Å². The Hall–Kier alpha value is -1.52. The van der Waals surface area contributed by atoms with Gasteiger partial charge in [0.25, 0.3) is 0 Å². The molecule has 0 atom stereocenters. The Morgan fingerprint density at radius 3 is 2.71 bits per heavy atom. The molecule has 3 rings (SSSR count). The van der Waals surface area contributed by atoms with Crippen molar-refractivity contribution in [1.29, 1.82) is 0 Å². The molecule has 126 valence electrons. The molecule has 0 saturated carbocycles. The molecule has 0 aliphatic carbocycles. The summed E-state index contributed by atoms with van der Waals surface area (Å²) in [6.45, 7) is 3.22. The van der Waals surface area contributed by atoms with E-state index in [2.05, 4.69) is 36.1 Å². The summed E-state index contributed by atoms with van der Waals surface area (Å²) in [7, 11) is 0. The van der Waals surface area contributed by atoms with Crippen LogP contribution in [-0.4, -0.2) is 12.3 Å². The quantitative estimate of drug-likeness (QED) is 0.312. The normalized spacial score (nSPS) is 15.0. The molecule has 4 heteroatoms. The highest BCUT2D eigenvalue weighted by atomic mass is 32.2. The smallest absolute Gasteiger partial charge is 0.198 e. The fraction of sp³-hybridized carbons (Fsp3) is 0.350. The lowest BCUT2D eigenvalue weighted by molar-refractivity contribution is 0.105. The molecule has 1 aliphatic rings. The largest absolute Gasteiger partial charge is 0.335 e. The number of thiophene rings is 1. The van der Waals surface area contributed by atoms with Gasteiger partial charge in [-0.25, -0.2) is 0 Å². The van der Waals surface area contributed by atoms with Crippen LogP contribution >= 0.6 is 23.1 Å². The Balaban J connectivity index is 1.73. The summed E-state index contributed by atoms with van der Waals surface area (Å²) in [5.41, 5.74) is 1.24. The van der Waals surface area contributed by atoms with Gasteiger partial charge in [0.05, 0.1) is 15.6 Å². The van der Waals surface area contributed by atoms with Gasteiger partial charge in [0.2, 0.25) is 0 Å². The van der Waals surface area contributed by atoms with Crippen molar-refractivity contribution in [3.05, 3.63) is 57.8 Å². The summed E-state index contributed by atoms with van der Waals surface area (Å²) in [5.74, 6) is 0.108. The molecule has 2 heterocycles. The highest BCUT2D eigenvalue weighted by Crippen LogP contribution is 2.46. The van der Waals surface area contributed by atoms with E-state index >= 15 is 0 Å². The monoisotopic (exact) mass is 357 g/mol. The van der Waals surface area contributed by atoms with E-state index < -0.39 is 0 Å². The first-order valence-electron chi connectivity index (χ1n) is 8.63. The number of anilines is 1. The number of rotatable bonds is 8. The van der Waals surface area contributed by atoms with E-state index in [0.717, 1.165) is 16.5 Å². The van der Waals surface area contributed by atoms with Crippen molar-refractivity contribution in [3.63, 3.8) is 0 Å². The lowest BCUT2D eigenvalue weighted by Crippen LogP contribution is -2.19. The van der Waals surface area contributed by atoms with E-state index in [1.165, 1.54) is 54.0 Å². The molecule has 0 radical (unpaired) electrons. The van der Waals surface area contributed by atoms with Crippen molar-refractivity contribution >= 4 is 34.6 Å². The number of fused-ring (bicyclic) bond motifs is 1. The molecule has 24 heavy (non-hydrogen) atoms. The second-order valence-electron chi connectivity index (χ2n) is 5.96. The van der Waals surface area contributed by atoms with Gasteiger partial charge in [-0.2, -0.15) is 0 Å². The summed E-state index contributed by atoms with van der Waals surface area (Å²) < 4.78 is 0. The zero-order chi connectivity index (χ0) is 16.8. The van der Waals surface area contributed by atoms with Gasteiger partial charge in [0, 0.05) is 17.5 Å². The van der Waals surface area contributed by atoms with Crippen molar-refractivity contribution in [3.8, 4) is 0 Å². The van der Waals surface area contributed by atoms with Crippen molar-refractivity contribution < 1.29 is 4.79 Å². The van der Waals surface area contributed by atoms with Crippen LogP contribution in [0, 0.1) is 0 Å². The summed E-state index contributed by atoms with van der Waals surface area (Å²) in [5, 5.41) is 3.01. The Kier molecular flexibility index (Phi) is 6.16. The van der Waals surface area contributed by atoms with Crippen LogP contribution < -0.4 is 4.90 Å². The number of para-hydroxylation sites is 1. The zero-order valence-corrected chi connectivity index (χ0v) is 15.7. The highest BCUT2D eigenvalue weighted by molar-refractivity contribution is 8.03. The van der Waals surface area contributed by atoms with Crippen LogP contribution in [0.4, 0.5) is 5.69 Å². The van der Waals surface area contributed by atoms with Crippen LogP contribution in [0.15, 0.2) is 57.8 Å². The summed E-state index contributed by atoms with van der Waals surface area (Å²) in [6, 6.07) is 12.3. The Morgan fingerprint density at radius 1 is 1.08 bits per heavy atom. The predicted molar refractivity (Wildman–Crippen MR) is 105 cm³/mol. The third-order valence-electron chi connectivity index (χ3n) is 4.14. The molecule has 0 unspecified atom stereocenters. The number of thioether (sulfide) groups is 1. The Morgan fingerprint density at radius 2 is 1.92 bits per heavy atom. The third kappa shape index (κ3) is 4.11. The van der Waals surface area contributed by atoms with Crippen molar-refractivity contribution in [1.82, 2.24) is 0 Å². The minimum Gasteiger partial charge on any atom is -0.335 e. The molecule has 0 spiro atoms. The fourth-order valence-electron chi connectivity index (χ4n) is 2.87. The number of carbonyl (C=O) groups is 1. The molecule has 0 saturated heterocycles. The second-order valence-corrected chi connectivity index (χ2v) is 7.97. The Bertz CT molecular complexity index is 706. The zero-order valence-electron chi connectivity index (χ0n) is 14.0. The van der Waals surface area contributed by atoms with Crippen molar-refractivity contribution in [2.24, 2.45) is 0 Å². The van der Waals surface area contributed by atoms with Gasteiger partial charge >= 0.3 is 0 Å². The molecular formula is C20H23NOS2. The van der Waals surface area contributed by atoms with Crippen LogP contribution in [0.2, 0.25) is 0 Å². The van der Waals surface area contributed by atoms with Gasteiger partial charge in [-0.1, -0.05) is 62.6 Å². The van der Waals surface area contributed by atoms with E-state index in [0.29, 0.717) is 0 Å². The van der Waals surface area contributed by atoms with E-state index in [-0.39, 0.29) is 5.78 Å². The number of benzene rings is 1. The van der Waals surface area contributed by atoms with Crippen LogP contribution in [0.5, 0.6) is 0 Å². The average Bonchev–Trinajstić information content (AvgIpc) is 3.23. The summed E-state index contributed by atoms with van der Waals surface area (Å²) >= 11 is 3.21. The maximum absolute atomic E-state index is 12.5. The van der Waals surface area contributed by atoms with Gasteiger partial charge in [-0.3, -0.25) is 4.79 Å². The maximum Gasteiger partial charge on any atom is 0.198 e. The van der Waals surface area contributed by atoms with E-state index in [1.54, 1.807) is 11.8 Å². The lowest BCUT2D eigenvalue weighted by atomic mass is 10.1. The number of unbranched alkanes of at least 4 members (excludes halogenated alkanes) is 4. The van der Waals surface area contributed by atoms with Crippen LogP contribution in [0.1, 0.15) is 48.7 Å². The molecular weight excluding hydrogens is 334 g/mol. The Labute approximate surface area is 152 Å². The predicted octanol–water partition coefficient (Wildman–Crippen LogP) is 6.35. The first kappa shape index (κ1) is 17.3. The van der Waals surface area contributed by atoms with Gasteiger partial charge in [0.1, 0.15) is 0 Å². The third-order valence-corrected chi connectivity index (χ3v) is 6.14. The standard InChI is InChI=1S/C20H23NOS2/c1-2-3-4-5-8-13-21-16-10-6-7-11-18(16)24-20(21)15-17(22)19-12-9-14-23-19/h6-7,9-12,14-15H,2-5,8,13H2,1H3/b20-15+. The number of ketones is 1. The topological polar surface area (TPSA) is 20.3 Å². The average molecular weight is 358 g/mol. The van der Waals surface area contributed by atoms with Crippen molar-refractivity contribution in [2.45, 2.75) is 43.9 Å². The van der Waals surface area contributed by atoms with Gasteiger partial charge in [0.15, 0.2) is 5.78 Å². The summed E-state index contributed by atoms with van der Waals surface area (Å²) in [4.78, 5) is 16.8. The maximum atomic E-state index is 12.5. The number of hydrogen-bond acceptors (Lipinski definition) is 4. The molecule has 0 fully saturated rings. The highest BCUT2D eigenvalue weighted by Gasteiger charge is 2.25. The van der Waals surface area contributed by atoms with Gasteiger partial charge in [-0.15, -0.1) is 11.3 Å². The first-order chi connectivity index (χ1) is 11.8. The lowest BCUT2D eigenvalue weighted by Gasteiger charge is -2.20. The van der Waals surface area contributed by atoms with Crippen molar-refractivity contribution in [2.75, 3.05) is 11.4 Å². The molecule has 0 N–H and O–H groups in total. The van der Waals surface area contributed by atoms with E-state index in [1.807, 2.05) is 23.6 Å². The van der Waals surface area contributed by atoms with Crippen LogP contribution in [0.25, 0.3) is 0 Å². The number of hydrogen-bond donors (Lipinski definition) is 0. The van der Waals surface area contributed by atoms with E-state index in [4.69, 9.17) is 0 Å². The van der Waals surface area contributed by atoms with Gasteiger partial charge < -0.3 is 4.90 Å².